The molecule has 1 unspecified atom stereocenters. The molecule has 51 heavy (non-hydrogen) atoms. The Kier molecular flexibility index (Phi) is 10.4. The quantitative estimate of drug-likeness (QED) is 0.401. The Balaban J connectivity index is 1.30. The molecule has 0 radical (unpaired) electrons. The number of likely N-dealkylation sites (tertiary alicyclic amines) is 1. The first-order valence-corrected chi connectivity index (χ1v) is 20.0. The zero-order valence-corrected chi connectivity index (χ0v) is 31.4. The molecule has 2 bridgehead atoms. The van der Waals surface area contributed by atoms with Crippen LogP contribution in [0.4, 0.5) is 10.5 Å². The maximum atomic E-state index is 14.6. The lowest BCUT2D eigenvalue weighted by atomic mass is 9.68. The standard InChI is InChI=1S/C38H49ClN4O7S/c1-24-21-51(46,41-37(45)42-19-29(20-42)47-2)40-36(44)26-8-12-35-32(17-26)43(18-27-7-10-30(27)34(49-4)14-13-33(24)48-3)22-38(23-50-35)15-5-6-25-16-28(39)9-11-31(25)38/h8-9,11-14,16-17,24,27,29-30,33-34H,5-7,10,15,18-23H2,1-4H3,(H,40,41,44,45,46)/b14-13-/t24-,27+,30-,33+,34+,38+,51?/m1/s1. The molecule has 3 aliphatic heterocycles. The van der Waals surface area contributed by atoms with Gasteiger partial charge < -0.3 is 28.7 Å². The van der Waals surface area contributed by atoms with Gasteiger partial charge in [0.1, 0.15) is 15.7 Å². The van der Waals surface area contributed by atoms with Crippen molar-refractivity contribution in [2.24, 2.45) is 22.1 Å². The lowest BCUT2D eigenvalue weighted by Crippen LogP contribution is -2.58. The van der Waals surface area contributed by atoms with Crippen LogP contribution >= 0.6 is 11.6 Å². The molecule has 0 aromatic heterocycles. The zero-order valence-electron chi connectivity index (χ0n) is 29.8. The number of anilines is 1. The van der Waals surface area contributed by atoms with Gasteiger partial charge in [-0.3, -0.25) is 9.52 Å². The van der Waals surface area contributed by atoms with Gasteiger partial charge in [0.05, 0.1) is 49.4 Å². The Labute approximate surface area is 306 Å². The Morgan fingerprint density at radius 1 is 1.04 bits per heavy atom. The Morgan fingerprint density at radius 2 is 1.82 bits per heavy atom. The molecule has 1 N–H and O–H groups in total. The van der Waals surface area contributed by atoms with E-state index in [0.29, 0.717) is 37.9 Å². The average molecular weight is 741 g/mol. The number of halogens is 1. The molecule has 2 aliphatic carbocycles. The van der Waals surface area contributed by atoms with Crippen molar-refractivity contribution < 1.29 is 32.7 Å². The van der Waals surface area contributed by atoms with E-state index in [2.05, 4.69) is 32.2 Å². The number of methoxy groups -OCH3 is 3. The molecule has 1 saturated carbocycles. The minimum atomic E-state index is -3.59. The minimum absolute atomic E-state index is 0.0846. The molecule has 2 aromatic carbocycles. The van der Waals surface area contributed by atoms with Gasteiger partial charge in [-0.1, -0.05) is 36.7 Å². The molecule has 1 spiro atoms. The number of hydrogen-bond donors (Lipinski definition) is 1. The fourth-order valence-electron chi connectivity index (χ4n) is 8.59. The van der Waals surface area contributed by atoms with Gasteiger partial charge in [-0.2, -0.15) is 0 Å². The van der Waals surface area contributed by atoms with Gasteiger partial charge in [0, 0.05) is 50.4 Å². The van der Waals surface area contributed by atoms with Crippen LogP contribution in [0.15, 0.2) is 52.9 Å². The molecule has 276 valence electrons. The van der Waals surface area contributed by atoms with Crippen LogP contribution in [-0.4, -0.2) is 99.2 Å². The first kappa shape index (κ1) is 36.2. The highest BCUT2D eigenvalue weighted by atomic mass is 35.5. The molecule has 2 fully saturated rings. The van der Waals surface area contributed by atoms with Crippen molar-refractivity contribution in [1.82, 2.24) is 9.62 Å². The van der Waals surface area contributed by atoms with Crippen molar-refractivity contribution in [3.8, 4) is 5.75 Å². The fraction of sp³-hybridized carbons (Fsp3) is 0.579. The van der Waals surface area contributed by atoms with Crippen LogP contribution in [0.25, 0.3) is 0 Å². The number of aryl methyl sites for hydroxylation is 1. The van der Waals surface area contributed by atoms with Crippen molar-refractivity contribution >= 4 is 39.1 Å². The van der Waals surface area contributed by atoms with E-state index in [0.717, 1.165) is 49.4 Å². The summed E-state index contributed by atoms with van der Waals surface area (Å²) in [5.41, 5.74) is 3.34. The van der Waals surface area contributed by atoms with E-state index >= 15 is 0 Å². The highest BCUT2D eigenvalue weighted by Gasteiger charge is 2.44. The van der Waals surface area contributed by atoms with Gasteiger partial charge in [-0.15, -0.1) is 4.36 Å². The predicted molar refractivity (Wildman–Crippen MR) is 197 cm³/mol. The topological polar surface area (TPSA) is 119 Å². The van der Waals surface area contributed by atoms with Gasteiger partial charge in [-0.05, 0) is 91.3 Å². The van der Waals surface area contributed by atoms with E-state index in [1.807, 2.05) is 31.2 Å². The number of urea groups is 1. The Morgan fingerprint density at radius 3 is 2.55 bits per heavy atom. The largest absolute Gasteiger partial charge is 0.490 e. The molecule has 1 saturated heterocycles. The third-order valence-electron chi connectivity index (χ3n) is 11.7. The molecule has 3 amide bonds. The number of benzene rings is 2. The molecular formula is C38H49ClN4O7S. The summed E-state index contributed by atoms with van der Waals surface area (Å²) in [6, 6.07) is 11.0. The second-order valence-electron chi connectivity index (χ2n) is 14.9. The maximum Gasteiger partial charge on any atom is 0.330 e. The number of nitrogens with zero attached hydrogens (tertiary/aromatic N) is 3. The average Bonchev–Trinajstić information content (AvgIpc) is 3.21. The molecule has 7 atom stereocenters. The molecule has 3 heterocycles. The number of carbonyl (C=O) groups excluding carboxylic acids is 2. The molecule has 13 heteroatoms. The van der Waals surface area contributed by atoms with Gasteiger partial charge in [0.25, 0.3) is 5.91 Å². The van der Waals surface area contributed by atoms with Crippen molar-refractivity contribution in [3.63, 3.8) is 0 Å². The van der Waals surface area contributed by atoms with Crippen molar-refractivity contribution in [2.75, 3.05) is 64.8 Å². The summed E-state index contributed by atoms with van der Waals surface area (Å²) in [4.78, 5) is 31.2. The molecule has 7 rings (SSSR count). The number of hydrogen-bond acceptors (Lipinski definition) is 8. The summed E-state index contributed by atoms with van der Waals surface area (Å²) in [6.07, 6.45) is 8.39. The summed E-state index contributed by atoms with van der Waals surface area (Å²) in [5, 5.41) is 0.735. The van der Waals surface area contributed by atoms with Crippen LogP contribution in [0.2, 0.25) is 5.02 Å². The fourth-order valence-corrected chi connectivity index (χ4v) is 10.7. The van der Waals surface area contributed by atoms with Crippen LogP contribution in [0.3, 0.4) is 0 Å². The number of nitrogens with one attached hydrogen (secondary N) is 1. The lowest BCUT2D eigenvalue weighted by molar-refractivity contribution is -0.00646. The molecular weight excluding hydrogens is 692 g/mol. The van der Waals surface area contributed by atoms with Gasteiger partial charge in [0.15, 0.2) is 0 Å². The highest BCUT2D eigenvalue weighted by Crippen LogP contribution is 2.47. The van der Waals surface area contributed by atoms with E-state index in [-0.39, 0.29) is 40.8 Å². The smallest absolute Gasteiger partial charge is 0.330 e. The Hall–Kier alpha value is -3.16. The number of ether oxygens (including phenoxy) is 4. The third-order valence-corrected chi connectivity index (χ3v) is 13.8. The maximum absolute atomic E-state index is 14.6. The zero-order chi connectivity index (χ0) is 35.9. The van der Waals surface area contributed by atoms with Crippen molar-refractivity contribution in [2.45, 2.75) is 62.8 Å². The summed E-state index contributed by atoms with van der Waals surface area (Å²) < 4.78 is 45.4. The lowest BCUT2D eigenvalue weighted by Gasteiger charge is -2.46. The second-order valence-corrected chi connectivity index (χ2v) is 17.4. The second kappa shape index (κ2) is 14.7. The third kappa shape index (κ3) is 7.27. The van der Waals surface area contributed by atoms with Crippen molar-refractivity contribution in [3.05, 3.63) is 70.3 Å². The van der Waals surface area contributed by atoms with E-state index in [4.69, 9.17) is 30.5 Å². The first-order valence-electron chi connectivity index (χ1n) is 18.0. The van der Waals surface area contributed by atoms with E-state index in [1.54, 1.807) is 27.4 Å². The van der Waals surface area contributed by atoms with Crippen LogP contribution in [-0.2, 0) is 36.0 Å². The summed E-state index contributed by atoms with van der Waals surface area (Å²) in [5.74, 6) is 0.207. The summed E-state index contributed by atoms with van der Waals surface area (Å²) >= 11 is 6.46. The predicted octanol–water partition coefficient (Wildman–Crippen LogP) is 5.64. The van der Waals surface area contributed by atoms with Gasteiger partial charge >= 0.3 is 6.03 Å². The van der Waals surface area contributed by atoms with Gasteiger partial charge in [0.2, 0.25) is 0 Å². The molecule has 2 aromatic rings. The highest BCUT2D eigenvalue weighted by molar-refractivity contribution is 7.92. The number of fused-ring (bicyclic) bond motifs is 4. The number of carbonyl (C=O) groups is 2. The van der Waals surface area contributed by atoms with Crippen molar-refractivity contribution in [1.29, 1.82) is 0 Å². The Bertz CT molecular complexity index is 1810. The summed E-state index contributed by atoms with van der Waals surface area (Å²) in [7, 11) is 1.34. The normalized spacial score (nSPS) is 33.0. The van der Waals surface area contributed by atoms with Crippen LogP contribution in [0.5, 0.6) is 5.75 Å². The molecule has 5 aliphatic rings. The first-order chi connectivity index (χ1) is 24.5. The van der Waals surface area contributed by atoms with Gasteiger partial charge in [-0.25, -0.2) is 9.00 Å². The SMILES string of the molecule is COC1CN(C(=O)NS2(=O)=NC(=O)c3ccc4c(c3)N(C[C@@H]3CC[C@H]3[C@@H](OC)/C=C\[C@H](OC)[C@H](C)C2)C[C@@]2(CCCc3cc(Cl)ccc32)CO4)C1. The van der Waals surface area contributed by atoms with E-state index < -0.39 is 28.0 Å². The summed E-state index contributed by atoms with van der Waals surface area (Å²) in [6.45, 7) is 4.57. The van der Waals surface area contributed by atoms with Crippen LogP contribution in [0, 0.1) is 17.8 Å². The van der Waals surface area contributed by atoms with Crippen LogP contribution < -0.4 is 14.4 Å². The van der Waals surface area contributed by atoms with Crippen LogP contribution in [0.1, 0.15) is 54.1 Å². The number of rotatable bonds is 4. The number of amides is 3. The van der Waals surface area contributed by atoms with E-state index in [1.165, 1.54) is 16.0 Å². The molecule has 11 nitrogen and oxygen atoms in total. The minimum Gasteiger partial charge on any atom is -0.490 e. The van der Waals surface area contributed by atoms with E-state index in [9.17, 15) is 13.8 Å². The monoisotopic (exact) mass is 740 g/mol.